The Morgan fingerprint density at radius 3 is 2.00 bits per heavy atom. The summed E-state index contributed by atoms with van der Waals surface area (Å²) in [5.41, 5.74) is 2.88. The van der Waals surface area contributed by atoms with E-state index in [9.17, 15) is 0 Å². The fourth-order valence-electron chi connectivity index (χ4n) is 2.78. The van der Waals surface area contributed by atoms with E-state index in [-0.39, 0.29) is 0 Å². The third-order valence-corrected chi connectivity index (χ3v) is 4.07. The van der Waals surface area contributed by atoms with Crippen molar-refractivity contribution in [1.82, 2.24) is 5.32 Å². The highest BCUT2D eigenvalue weighted by Crippen LogP contribution is 2.25. The van der Waals surface area contributed by atoms with Crippen molar-refractivity contribution in [2.75, 3.05) is 6.54 Å². The summed E-state index contributed by atoms with van der Waals surface area (Å²) in [4.78, 5) is 0. The maximum Gasteiger partial charge on any atom is 0.0322 e. The molecule has 0 bridgehead atoms. The minimum absolute atomic E-state index is 0.512. The van der Waals surface area contributed by atoms with Crippen molar-refractivity contribution >= 4 is 0 Å². The van der Waals surface area contributed by atoms with E-state index in [1.54, 1.807) is 0 Å². The van der Waals surface area contributed by atoms with E-state index in [1.165, 1.54) is 36.8 Å². The van der Waals surface area contributed by atoms with Crippen LogP contribution in [0.4, 0.5) is 0 Å². The third kappa shape index (κ3) is 5.66. The summed E-state index contributed by atoms with van der Waals surface area (Å²) in [5, 5.41) is 3.72. The lowest BCUT2D eigenvalue weighted by atomic mass is 9.91. The zero-order valence-corrected chi connectivity index (χ0v) is 14.1. The predicted molar refractivity (Wildman–Crippen MR) is 90.3 cm³/mol. The summed E-state index contributed by atoms with van der Waals surface area (Å²) in [5.74, 6) is 1.41. The van der Waals surface area contributed by atoms with Crippen molar-refractivity contribution in [3.63, 3.8) is 0 Å². The quantitative estimate of drug-likeness (QED) is 0.611. The molecule has 114 valence electrons. The molecule has 0 aliphatic carbocycles. The number of rotatable bonds is 9. The van der Waals surface area contributed by atoms with Gasteiger partial charge in [0, 0.05) is 6.04 Å². The number of benzene rings is 1. The van der Waals surface area contributed by atoms with Gasteiger partial charge in [0.25, 0.3) is 0 Å². The molecule has 0 aromatic heterocycles. The van der Waals surface area contributed by atoms with E-state index in [4.69, 9.17) is 0 Å². The van der Waals surface area contributed by atoms with Crippen LogP contribution in [0, 0.1) is 5.92 Å². The molecule has 0 heterocycles. The minimum Gasteiger partial charge on any atom is -0.310 e. The first-order chi connectivity index (χ1) is 9.58. The summed E-state index contributed by atoms with van der Waals surface area (Å²) in [6.45, 7) is 12.5. The molecule has 1 aromatic rings. The summed E-state index contributed by atoms with van der Waals surface area (Å²) >= 11 is 0. The van der Waals surface area contributed by atoms with Crippen LogP contribution in [-0.2, 0) is 0 Å². The van der Waals surface area contributed by atoms with Crippen LogP contribution in [0.2, 0.25) is 0 Å². The molecule has 0 fully saturated rings. The zero-order chi connectivity index (χ0) is 15.0. The summed E-state index contributed by atoms with van der Waals surface area (Å²) in [6.07, 6.45) is 5.06. The van der Waals surface area contributed by atoms with Gasteiger partial charge in [-0.1, -0.05) is 71.7 Å². The Morgan fingerprint density at radius 1 is 0.900 bits per heavy atom. The van der Waals surface area contributed by atoms with E-state index in [0.29, 0.717) is 12.0 Å². The molecule has 0 saturated carbocycles. The Morgan fingerprint density at radius 2 is 1.50 bits per heavy atom. The molecule has 20 heavy (non-hydrogen) atoms. The van der Waals surface area contributed by atoms with E-state index in [0.717, 1.165) is 12.5 Å². The minimum atomic E-state index is 0.512. The molecule has 0 amide bonds. The Bertz CT molecular complexity index is 353. The van der Waals surface area contributed by atoms with Crippen LogP contribution >= 0.6 is 0 Å². The first kappa shape index (κ1) is 17.2. The van der Waals surface area contributed by atoms with Crippen molar-refractivity contribution in [2.24, 2.45) is 5.92 Å². The molecule has 0 aliphatic rings. The predicted octanol–water partition coefficient (Wildman–Crippen LogP) is 5.68. The molecule has 2 unspecified atom stereocenters. The van der Waals surface area contributed by atoms with Gasteiger partial charge in [0.15, 0.2) is 0 Å². The van der Waals surface area contributed by atoms with E-state index >= 15 is 0 Å². The van der Waals surface area contributed by atoms with Crippen LogP contribution in [0.3, 0.4) is 0 Å². The lowest BCUT2D eigenvalue weighted by molar-refractivity contribution is 0.390. The molecular weight excluding hydrogens is 242 g/mol. The Labute approximate surface area is 126 Å². The zero-order valence-electron chi connectivity index (χ0n) is 14.1. The molecule has 1 nitrogen and oxygen atoms in total. The molecule has 1 rings (SSSR count). The molecule has 0 spiro atoms. The Balaban J connectivity index is 2.75. The summed E-state index contributed by atoms with van der Waals surface area (Å²) in [7, 11) is 0. The van der Waals surface area contributed by atoms with Gasteiger partial charge in [-0.05, 0) is 42.3 Å². The van der Waals surface area contributed by atoms with Crippen molar-refractivity contribution in [1.29, 1.82) is 0 Å². The van der Waals surface area contributed by atoms with Crippen LogP contribution in [0.5, 0.6) is 0 Å². The lowest BCUT2D eigenvalue weighted by Crippen LogP contribution is -2.24. The molecule has 1 aromatic carbocycles. The standard InChI is InChI=1S/C19H33N/c1-6-8-16(5)14-19(20-13-7-2)18-11-9-17(10-12-18)15(3)4/h9-12,15-16,19-20H,6-8,13-14H2,1-5H3. The van der Waals surface area contributed by atoms with Gasteiger partial charge in [-0.3, -0.25) is 0 Å². The van der Waals surface area contributed by atoms with Gasteiger partial charge in [0.1, 0.15) is 0 Å². The van der Waals surface area contributed by atoms with Crippen LogP contribution in [0.15, 0.2) is 24.3 Å². The number of hydrogen-bond donors (Lipinski definition) is 1. The topological polar surface area (TPSA) is 12.0 Å². The van der Waals surface area contributed by atoms with Gasteiger partial charge in [-0.25, -0.2) is 0 Å². The van der Waals surface area contributed by atoms with Crippen molar-refractivity contribution in [3.05, 3.63) is 35.4 Å². The van der Waals surface area contributed by atoms with Crippen LogP contribution < -0.4 is 5.32 Å². The highest BCUT2D eigenvalue weighted by Gasteiger charge is 2.14. The molecular formula is C19H33N. The highest BCUT2D eigenvalue weighted by atomic mass is 14.9. The summed E-state index contributed by atoms with van der Waals surface area (Å²) < 4.78 is 0. The van der Waals surface area contributed by atoms with Gasteiger partial charge in [0.05, 0.1) is 0 Å². The van der Waals surface area contributed by atoms with Gasteiger partial charge >= 0.3 is 0 Å². The Kier molecular flexibility index (Phi) is 7.91. The SMILES string of the molecule is CCCNC(CC(C)CCC)c1ccc(C(C)C)cc1. The smallest absolute Gasteiger partial charge is 0.0322 e. The fourth-order valence-corrected chi connectivity index (χ4v) is 2.78. The van der Waals surface area contributed by atoms with Gasteiger partial charge in [-0.2, -0.15) is 0 Å². The van der Waals surface area contributed by atoms with Crippen molar-refractivity contribution < 1.29 is 0 Å². The largest absolute Gasteiger partial charge is 0.310 e. The molecule has 0 radical (unpaired) electrons. The maximum atomic E-state index is 3.72. The van der Waals surface area contributed by atoms with Crippen LogP contribution in [-0.4, -0.2) is 6.54 Å². The lowest BCUT2D eigenvalue weighted by Gasteiger charge is -2.23. The first-order valence-electron chi connectivity index (χ1n) is 8.41. The van der Waals surface area contributed by atoms with E-state index in [2.05, 4.69) is 64.2 Å². The molecule has 0 saturated heterocycles. The average Bonchev–Trinajstić information content (AvgIpc) is 2.44. The second kappa shape index (κ2) is 9.18. The average molecular weight is 275 g/mol. The van der Waals surface area contributed by atoms with Crippen LogP contribution in [0.25, 0.3) is 0 Å². The fraction of sp³-hybridized carbons (Fsp3) is 0.684. The van der Waals surface area contributed by atoms with Crippen molar-refractivity contribution in [3.8, 4) is 0 Å². The summed E-state index contributed by atoms with van der Waals surface area (Å²) in [6, 6.07) is 9.75. The Hall–Kier alpha value is -0.820. The van der Waals surface area contributed by atoms with Crippen molar-refractivity contribution in [2.45, 2.75) is 72.3 Å². The molecule has 0 aliphatic heterocycles. The molecule has 1 N–H and O–H groups in total. The van der Waals surface area contributed by atoms with Gasteiger partial charge < -0.3 is 5.32 Å². The molecule has 2 atom stereocenters. The second-order valence-corrected chi connectivity index (χ2v) is 6.46. The van der Waals surface area contributed by atoms with Gasteiger partial charge in [-0.15, -0.1) is 0 Å². The molecule has 1 heteroatoms. The second-order valence-electron chi connectivity index (χ2n) is 6.46. The van der Waals surface area contributed by atoms with Gasteiger partial charge in [0.2, 0.25) is 0 Å². The third-order valence-electron chi connectivity index (χ3n) is 4.07. The first-order valence-corrected chi connectivity index (χ1v) is 8.41. The van der Waals surface area contributed by atoms with E-state index in [1.807, 2.05) is 0 Å². The normalized spacial score (nSPS) is 14.5. The monoisotopic (exact) mass is 275 g/mol. The van der Waals surface area contributed by atoms with Crippen LogP contribution in [0.1, 0.15) is 83.4 Å². The highest BCUT2D eigenvalue weighted by molar-refractivity contribution is 5.27. The number of nitrogens with one attached hydrogen (secondary N) is 1. The number of hydrogen-bond acceptors (Lipinski definition) is 1. The maximum absolute atomic E-state index is 3.72. The van der Waals surface area contributed by atoms with E-state index < -0.39 is 0 Å².